The van der Waals surface area contributed by atoms with Crippen LogP contribution in [0.5, 0.6) is 0 Å². The van der Waals surface area contributed by atoms with Crippen molar-refractivity contribution in [3.8, 4) is 0 Å². The van der Waals surface area contributed by atoms with Crippen LogP contribution in [0.25, 0.3) is 0 Å². The number of benzene rings is 2. The lowest BCUT2D eigenvalue weighted by atomic mass is 10.1. The number of hydrogen-bond acceptors (Lipinski definition) is 5. The molecule has 0 radical (unpaired) electrons. The Morgan fingerprint density at radius 3 is 1.94 bits per heavy atom. The van der Waals surface area contributed by atoms with Gasteiger partial charge in [0.2, 0.25) is 11.8 Å². The van der Waals surface area contributed by atoms with Gasteiger partial charge in [-0.1, -0.05) is 30.3 Å². The fraction of sp³-hybridized carbons (Fsp3) is 0.304. The van der Waals surface area contributed by atoms with Crippen LogP contribution in [0.4, 0.5) is 11.4 Å². The minimum atomic E-state index is -0.740. The number of carbonyl (C=O) groups excluding carboxylic acids is 4. The summed E-state index contributed by atoms with van der Waals surface area (Å²) in [4.78, 5) is 49.6. The molecule has 2 rings (SSSR count). The first-order valence-electron chi connectivity index (χ1n) is 9.86. The summed E-state index contributed by atoms with van der Waals surface area (Å²) in [6.45, 7) is 6.41. The van der Waals surface area contributed by atoms with Crippen LogP contribution in [0.15, 0.2) is 48.5 Å². The molecule has 2 aromatic carbocycles. The van der Waals surface area contributed by atoms with E-state index in [2.05, 4.69) is 10.6 Å². The molecule has 8 nitrogen and oxygen atoms in total. The summed E-state index contributed by atoms with van der Waals surface area (Å²) in [6, 6.07) is 13.8. The van der Waals surface area contributed by atoms with Crippen LogP contribution in [0.2, 0.25) is 0 Å². The number of hydrogen-bond donors (Lipinski definition) is 2. The highest BCUT2D eigenvalue weighted by atomic mass is 16.5. The maximum atomic E-state index is 12.7. The fourth-order valence-electron chi connectivity index (χ4n) is 2.93. The predicted molar refractivity (Wildman–Crippen MR) is 117 cm³/mol. The lowest BCUT2D eigenvalue weighted by molar-refractivity contribution is -0.137. The molecule has 0 unspecified atom stereocenters. The second-order valence-corrected chi connectivity index (χ2v) is 7.34. The molecule has 0 spiro atoms. The monoisotopic (exact) mass is 425 g/mol. The van der Waals surface area contributed by atoms with Crippen molar-refractivity contribution in [2.45, 2.75) is 40.3 Å². The SMILES string of the molecule is CC(=O)Nc1cc(NC(C)=O)cc(C(=O)OCC(=O)N(Cc2ccccc2)C(C)C)c1. The molecule has 0 aliphatic heterocycles. The van der Waals surface area contributed by atoms with E-state index < -0.39 is 12.6 Å². The van der Waals surface area contributed by atoms with E-state index in [0.29, 0.717) is 17.9 Å². The summed E-state index contributed by atoms with van der Waals surface area (Å²) in [5.74, 6) is -1.73. The quantitative estimate of drug-likeness (QED) is 0.632. The first-order chi connectivity index (χ1) is 14.7. The Labute approximate surface area is 181 Å². The summed E-state index contributed by atoms with van der Waals surface area (Å²) in [7, 11) is 0. The maximum Gasteiger partial charge on any atom is 0.338 e. The van der Waals surface area contributed by atoms with Crippen LogP contribution in [0.1, 0.15) is 43.6 Å². The number of ether oxygens (including phenoxy) is 1. The van der Waals surface area contributed by atoms with Crippen LogP contribution in [0.3, 0.4) is 0 Å². The fourth-order valence-corrected chi connectivity index (χ4v) is 2.93. The standard InChI is InChI=1S/C23H27N3O5/c1-15(2)26(13-18-8-6-5-7-9-18)22(29)14-31-23(30)19-10-20(24-16(3)27)12-21(11-19)25-17(4)28/h5-12,15H,13-14H2,1-4H3,(H,24,27)(H,25,28). The van der Waals surface area contributed by atoms with Gasteiger partial charge in [-0.25, -0.2) is 4.79 Å². The van der Waals surface area contributed by atoms with Gasteiger partial charge in [0, 0.05) is 37.8 Å². The summed E-state index contributed by atoms with van der Waals surface area (Å²) in [5, 5.41) is 5.13. The topological polar surface area (TPSA) is 105 Å². The molecule has 0 bridgehead atoms. The van der Waals surface area contributed by atoms with Crippen molar-refractivity contribution >= 4 is 35.1 Å². The Hall–Kier alpha value is -3.68. The zero-order valence-corrected chi connectivity index (χ0v) is 18.1. The third kappa shape index (κ3) is 7.58. The van der Waals surface area contributed by atoms with Crippen LogP contribution in [-0.2, 0) is 25.7 Å². The van der Waals surface area contributed by atoms with Gasteiger partial charge >= 0.3 is 5.97 Å². The van der Waals surface area contributed by atoms with E-state index in [1.54, 1.807) is 4.90 Å². The molecular formula is C23H27N3O5. The third-order valence-corrected chi connectivity index (χ3v) is 4.28. The molecular weight excluding hydrogens is 398 g/mol. The smallest absolute Gasteiger partial charge is 0.338 e. The molecule has 0 heterocycles. The third-order valence-electron chi connectivity index (χ3n) is 4.28. The molecule has 0 fully saturated rings. The van der Waals surface area contributed by atoms with Gasteiger partial charge in [0.15, 0.2) is 6.61 Å². The van der Waals surface area contributed by atoms with Crippen LogP contribution >= 0.6 is 0 Å². The Balaban J connectivity index is 2.11. The van der Waals surface area contributed by atoms with Gasteiger partial charge in [-0.2, -0.15) is 0 Å². The summed E-state index contributed by atoms with van der Waals surface area (Å²) < 4.78 is 5.22. The van der Waals surface area contributed by atoms with Gasteiger partial charge in [-0.3, -0.25) is 14.4 Å². The minimum absolute atomic E-state index is 0.0825. The molecule has 0 aliphatic rings. The summed E-state index contributed by atoms with van der Waals surface area (Å²) >= 11 is 0. The molecule has 164 valence electrons. The van der Waals surface area contributed by atoms with E-state index in [0.717, 1.165) is 5.56 Å². The summed E-state index contributed by atoms with van der Waals surface area (Å²) in [6.07, 6.45) is 0. The Bertz CT molecular complexity index is 923. The lowest BCUT2D eigenvalue weighted by Gasteiger charge is -2.26. The number of rotatable bonds is 8. The molecule has 0 aromatic heterocycles. The van der Waals surface area contributed by atoms with Crippen molar-refractivity contribution in [3.63, 3.8) is 0 Å². The van der Waals surface area contributed by atoms with Gasteiger partial charge in [0.1, 0.15) is 0 Å². The first kappa shape index (κ1) is 23.6. The first-order valence-corrected chi connectivity index (χ1v) is 9.86. The highest BCUT2D eigenvalue weighted by Gasteiger charge is 2.20. The van der Waals surface area contributed by atoms with Crippen molar-refractivity contribution in [2.75, 3.05) is 17.2 Å². The largest absolute Gasteiger partial charge is 0.452 e. The number of nitrogens with one attached hydrogen (secondary N) is 2. The van der Waals surface area contributed by atoms with E-state index in [4.69, 9.17) is 4.74 Å². The predicted octanol–water partition coefficient (Wildman–Crippen LogP) is 3.20. The van der Waals surface area contributed by atoms with Gasteiger partial charge in [-0.15, -0.1) is 0 Å². The van der Waals surface area contributed by atoms with Crippen molar-refractivity contribution in [1.82, 2.24) is 4.90 Å². The van der Waals surface area contributed by atoms with Crippen molar-refractivity contribution in [3.05, 3.63) is 59.7 Å². The highest BCUT2D eigenvalue weighted by Crippen LogP contribution is 2.20. The second-order valence-electron chi connectivity index (χ2n) is 7.34. The van der Waals surface area contributed by atoms with Gasteiger partial charge < -0.3 is 20.3 Å². The van der Waals surface area contributed by atoms with E-state index in [1.807, 2.05) is 44.2 Å². The molecule has 0 aliphatic carbocycles. The summed E-state index contributed by atoms with van der Waals surface area (Å²) in [5.41, 5.74) is 1.72. The molecule has 2 N–H and O–H groups in total. The molecule has 31 heavy (non-hydrogen) atoms. The van der Waals surface area contributed by atoms with E-state index in [1.165, 1.54) is 32.0 Å². The van der Waals surface area contributed by atoms with E-state index >= 15 is 0 Å². The van der Waals surface area contributed by atoms with Crippen LogP contribution in [0, 0.1) is 0 Å². The Morgan fingerprint density at radius 1 is 0.903 bits per heavy atom. The van der Waals surface area contributed by atoms with E-state index in [9.17, 15) is 19.2 Å². The Kier molecular flexibility index (Phi) is 8.31. The number of amides is 3. The van der Waals surface area contributed by atoms with Crippen molar-refractivity contribution in [2.24, 2.45) is 0 Å². The normalized spacial score (nSPS) is 10.4. The van der Waals surface area contributed by atoms with Crippen molar-refractivity contribution in [1.29, 1.82) is 0 Å². The molecule has 2 aromatic rings. The average Bonchev–Trinajstić information content (AvgIpc) is 2.69. The molecule has 0 saturated heterocycles. The maximum absolute atomic E-state index is 12.7. The Morgan fingerprint density at radius 2 is 1.45 bits per heavy atom. The second kappa shape index (κ2) is 10.9. The van der Waals surface area contributed by atoms with Crippen LogP contribution < -0.4 is 10.6 Å². The lowest BCUT2D eigenvalue weighted by Crippen LogP contribution is -2.39. The number of carbonyl (C=O) groups is 4. The van der Waals surface area contributed by atoms with Crippen molar-refractivity contribution < 1.29 is 23.9 Å². The van der Waals surface area contributed by atoms with Crippen LogP contribution in [-0.4, -0.2) is 41.2 Å². The zero-order chi connectivity index (χ0) is 23.0. The number of nitrogens with zero attached hydrogens (tertiary/aromatic N) is 1. The van der Waals surface area contributed by atoms with Gasteiger partial charge in [0.25, 0.3) is 5.91 Å². The number of esters is 1. The van der Waals surface area contributed by atoms with Gasteiger partial charge in [-0.05, 0) is 37.6 Å². The molecule has 8 heteroatoms. The molecule has 3 amide bonds. The molecule has 0 atom stereocenters. The minimum Gasteiger partial charge on any atom is -0.452 e. The highest BCUT2D eigenvalue weighted by molar-refractivity contribution is 5.98. The number of anilines is 2. The molecule has 0 saturated carbocycles. The zero-order valence-electron chi connectivity index (χ0n) is 18.1. The van der Waals surface area contributed by atoms with Gasteiger partial charge in [0.05, 0.1) is 5.56 Å². The average molecular weight is 425 g/mol. The van der Waals surface area contributed by atoms with E-state index in [-0.39, 0.29) is 29.3 Å².